The first-order valence-electron chi connectivity index (χ1n) is 7.56. The van der Waals surface area contributed by atoms with Crippen LogP contribution in [-0.4, -0.2) is 15.1 Å². The first-order valence-corrected chi connectivity index (χ1v) is 8.72. The van der Waals surface area contributed by atoms with Crippen molar-refractivity contribution in [3.8, 4) is 0 Å². The van der Waals surface area contributed by atoms with Crippen LogP contribution in [0.1, 0.15) is 42.3 Å². The minimum Gasteiger partial charge on any atom is -0.276 e. The van der Waals surface area contributed by atoms with E-state index in [1.54, 1.807) is 24.3 Å². The molecule has 0 heterocycles. The van der Waals surface area contributed by atoms with E-state index in [4.69, 9.17) is 41.3 Å². The normalized spacial score (nSPS) is 9.50. The highest BCUT2D eigenvalue weighted by Gasteiger charge is 2.02. The molecule has 0 unspecified atom stereocenters. The van der Waals surface area contributed by atoms with Gasteiger partial charge in [-0.3, -0.25) is 16.1 Å². The third-order valence-corrected chi connectivity index (χ3v) is 3.38. The molecule has 0 atom stereocenters. The SMILES string of the molecule is CC(C)(C)NN.Cc1ccc(C(=S)Cl)cc1.Cl.O=C(Cl)c1ccccc1. The number of carbonyl (C=O) groups is 1. The van der Waals surface area contributed by atoms with Gasteiger partial charge in [0.15, 0.2) is 0 Å². The van der Waals surface area contributed by atoms with Gasteiger partial charge in [-0.2, -0.15) is 0 Å². The Balaban J connectivity index is 0. The molecule has 2 aromatic rings. The second-order valence-corrected chi connectivity index (χ2v) is 7.53. The summed E-state index contributed by atoms with van der Waals surface area (Å²) in [7, 11) is 0. The molecule has 0 radical (unpaired) electrons. The summed E-state index contributed by atoms with van der Waals surface area (Å²) in [6, 6.07) is 16.6. The van der Waals surface area contributed by atoms with Crippen LogP contribution < -0.4 is 11.3 Å². The van der Waals surface area contributed by atoms with Gasteiger partial charge in [0, 0.05) is 16.7 Å². The molecule has 7 heteroatoms. The van der Waals surface area contributed by atoms with Crippen molar-refractivity contribution in [3.05, 3.63) is 71.3 Å². The zero-order valence-electron chi connectivity index (χ0n) is 15.3. The highest BCUT2D eigenvalue weighted by Crippen LogP contribution is 2.06. The molecule has 0 aliphatic carbocycles. The third kappa shape index (κ3) is 14.2. The molecule has 0 aliphatic rings. The standard InChI is InChI=1S/C8H7ClS.C7H5ClO.C4H12N2.ClH/c1-6-2-4-7(5-3-6)8(9)10;8-7(9)6-4-2-1-3-5-6;1-4(2,3)6-5;/h2-5H,1H3;1-5H;6H,5H2,1-3H3;1H. The molecule has 0 aromatic heterocycles. The number of nitrogens with one attached hydrogen (secondary N) is 1. The maximum Gasteiger partial charge on any atom is 0.252 e. The molecule has 0 saturated heterocycles. The monoisotopic (exact) mass is 434 g/mol. The summed E-state index contributed by atoms with van der Waals surface area (Å²) < 4.78 is 0.431. The fraction of sp³-hybridized carbons (Fsp3) is 0.263. The molecule has 0 spiro atoms. The number of halogens is 3. The average molecular weight is 436 g/mol. The number of rotatable bonds is 2. The maximum absolute atomic E-state index is 10.4. The molecule has 0 saturated carbocycles. The Labute approximate surface area is 177 Å². The highest BCUT2D eigenvalue weighted by molar-refractivity contribution is 7.83. The number of hydrogen-bond donors (Lipinski definition) is 2. The van der Waals surface area contributed by atoms with E-state index in [1.807, 2.05) is 58.0 Å². The number of thiocarbonyl (C=S) groups is 1. The Morgan fingerprint density at radius 1 is 0.962 bits per heavy atom. The molecule has 0 fully saturated rings. The predicted molar refractivity (Wildman–Crippen MR) is 120 cm³/mol. The molecule has 0 bridgehead atoms. The van der Waals surface area contributed by atoms with Crippen LogP contribution in [-0.2, 0) is 0 Å². The molecule has 144 valence electrons. The lowest BCUT2D eigenvalue weighted by atomic mass is 10.1. The van der Waals surface area contributed by atoms with Crippen molar-refractivity contribution in [2.24, 2.45) is 5.84 Å². The zero-order valence-corrected chi connectivity index (χ0v) is 18.4. The van der Waals surface area contributed by atoms with Crippen LogP contribution in [0.3, 0.4) is 0 Å². The Bertz CT molecular complexity index is 657. The molecule has 3 nitrogen and oxygen atoms in total. The van der Waals surface area contributed by atoms with Crippen molar-refractivity contribution >= 4 is 57.4 Å². The maximum atomic E-state index is 10.4. The minimum atomic E-state index is -0.407. The fourth-order valence-electron chi connectivity index (χ4n) is 1.25. The van der Waals surface area contributed by atoms with E-state index in [-0.39, 0.29) is 17.9 Å². The zero-order chi connectivity index (χ0) is 19.5. The van der Waals surface area contributed by atoms with Crippen molar-refractivity contribution < 1.29 is 4.79 Å². The third-order valence-electron chi connectivity index (χ3n) is 2.71. The molecular weight excluding hydrogens is 411 g/mol. The molecule has 0 amide bonds. The van der Waals surface area contributed by atoms with E-state index in [2.05, 4.69) is 5.43 Å². The summed E-state index contributed by atoms with van der Waals surface area (Å²) in [5.74, 6) is 5.06. The topological polar surface area (TPSA) is 55.1 Å². The van der Waals surface area contributed by atoms with Gasteiger partial charge in [-0.25, -0.2) is 0 Å². The van der Waals surface area contributed by atoms with Crippen LogP contribution >= 0.6 is 47.8 Å². The van der Waals surface area contributed by atoms with Crippen molar-refractivity contribution in [3.63, 3.8) is 0 Å². The fourth-order valence-corrected chi connectivity index (χ4v) is 1.64. The Hall–Kier alpha value is -1.01. The van der Waals surface area contributed by atoms with Crippen molar-refractivity contribution in [1.82, 2.24) is 5.43 Å². The lowest BCUT2D eigenvalue weighted by molar-refractivity contribution is 0.108. The first kappa shape index (κ1) is 27.2. The number of aryl methyl sites for hydroxylation is 1. The van der Waals surface area contributed by atoms with E-state index in [9.17, 15) is 4.79 Å². The summed E-state index contributed by atoms with van der Waals surface area (Å²) in [5, 5.41) is -0.407. The number of benzene rings is 2. The first-order chi connectivity index (χ1) is 11.6. The van der Waals surface area contributed by atoms with Crippen LogP contribution in [0, 0.1) is 6.92 Å². The largest absolute Gasteiger partial charge is 0.276 e. The predicted octanol–water partition coefficient (Wildman–Crippen LogP) is 5.64. The van der Waals surface area contributed by atoms with Crippen LogP contribution in [0.4, 0.5) is 0 Å². The van der Waals surface area contributed by atoms with Crippen molar-refractivity contribution in [2.75, 3.05) is 0 Å². The summed E-state index contributed by atoms with van der Waals surface area (Å²) in [4.78, 5) is 10.4. The number of carbonyl (C=O) groups excluding carboxylic acids is 1. The van der Waals surface area contributed by atoms with Gasteiger partial charge in [0.25, 0.3) is 5.24 Å². The van der Waals surface area contributed by atoms with Gasteiger partial charge in [0.05, 0.1) is 0 Å². The molecular formula is C19H25Cl3N2OS. The van der Waals surface area contributed by atoms with Gasteiger partial charge in [-0.05, 0) is 39.3 Å². The van der Waals surface area contributed by atoms with Gasteiger partial charge in [0.2, 0.25) is 0 Å². The van der Waals surface area contributed by atoms with Crippen molar-refractivity contribution in [2.45, 2.75) is 33.2 Å². The Morgan fingerprint density at radius 2 is 1.38 bits per heavy atom. The molecule has 0 aliphatic heterocycles. The summed E-state index contributed by atoms with van der Waals surface area (Å²) in [6.07, 6.45) is 0. The molecule has 26 heavy (non-hydrogen) atoms. The van der Waals surface area contributed by atoms with Crippen LogP contribution in [0.25, 0.3) is 0 Å². The average Bonchev–Trinajstić information content (AvgIpc) is 2.56. The minimum absolute atomic E-state index is 0. The molecule has 2 rings (SSSR count). The quantitative estimate of drug-likeness (QED) is 0.277. The lowest BCUT2D eigenvalue weighted by Gasteiger charge is -2.14. The smallest absolute Gasteiger partial charge is 0.252 e. The van der Waals surface area contributed by atoms with E-state index >= 15 is 0 Å². The molecule has 2 aromatic carbocycles. The van der Waals surface area contributed by atoms with Crippen LogP contribution in [0.2, 0.25) is 0 Å². The van der Waals surface area contributed by atoms with Gasteiger partial charge in [-0.1, -0.05) is 84.0 Å². The van der Waals surface area contributed by atoms with Gasteiger partial charge in [0.1, 0.15) is 4.32 Å². The van der Waals surface area contributed by atoms with E-state index in [0.29, 0.717) is 9.89 Å². The van der Waals surface area contributed by atoms with E-state index in [0.717, 1.165) is 5.56 Å². The Kier molecular flexibility index (Phi) is 14.8. The van der Waals surface area contributed by atoms with Crippen LogP contribution in [0.5, 0.6) is 0 Å². The van der Waals surface area contributed by atoms with Crippen molar-refractivity contribution in [1.29, 1.82) is 0 Å². The number of nitrogens with two attached hydrogens (primary N) is 1. The van der Waals surface area contributed by atoms with E-state index in [1.165, 1.54) is 5.56 Å². The Morgan fingerprint density at radius 3 is 1.65 bits per heavy atom. The summed E-state index contributed by atoms with van der Waals surface area (Å²) in [5.41, 5.74) is 5.35. The number of hydrogen-bond acceptors (Lipinski definition) is 4. The van der Waals surface area contributed by atoms with Gasteiger partial charge >= 0.3 is 0 Å². The van der Waals surface area contributed by atoms with Crippen LogP contribution in [0.15, 0.2) is 54.6 Å². The summed E-state index contributed by atoms with van der Waals surface area (Å²) >= 11 is 15.5. The highest BCUT2D eigenvalue weighted by atomic mass is 35.5. The van der Waals surface area contributed by atoms with Gasteiger partial charge < -0.3 is 0 Å². The second kappa shape index (κ2) is 14.1. The second-order valence-electron chi connectivity index (χ2n) is 6.17. The summed E-state index contributed by atoms with van der Waals surface area (Å²) in [6.45, 7) is 8.05. The lowest BCUT2D eigenvalue weighted by Crippen LogP contribution is -2.41. The van der Waals surface area contributed by atoms with E-state index < -0.39 is 5.24 Å². The molecule has 3 N–H and O–H groups in total. The number of hydrazine groups is 1. The van der Waals surface area contributed by atoms with Gasteiger partial charge in [-0.15, -0.1) is 12.4 Å².